The number of nitrogens with one attached hydrogen (secondary N) is 1. The summed E-state index contributed by atoms with van der Waals surface area (Å²) in [5.41, 5.74) is 7.08. The SMILES string of the molecule is COc1cc(NC(=O)c2cc(N)cc(Cl)c2)c(Br)cc1Br. The van der Waals surface area contributed by atoms with Gasteiger partial charge >= 0.3 is 0 Å². The lowest BCUT2D eigenvalue weighted by Gasteiger charge is -2.11. The topological polar surface area (TPSA) is 64.3 Å². The summed E-state index contributed by atoms with van der Waals surface area (Å²) < 4.78 is 6.71. The molecule has 3 N–H and O–H groups in total. The van der Waals surface area contributed by atoms with Crippen LogP contribution in [-0.2, 0) is 0 Å². The number of nitrogens with two attached hydrogens (primary N) is 1. The van der Waals surface area contributed by atoms with Crippen LogP contribution in [0, 0.1) is 0 Å². The Morgan fingerprint density at radius 2 is 1.90 bits per heavy atom. The molecule has 4 nitrogen and oxygen atoms in total. The van der Waals surface area contributed by atoms with E-state index in [4.69, 9.17) is 22.1 Å². The molecule has 0 spiro atoms. The number of hydrogen-bond acceptors (Lipinski definition) is 3. The number of nitrogen functional groups attached to an aromatic ring is 1. The van der Waals surface area contributed by atoms with Crippen molar-refractivity contribution in [1.29, 1.82) is 0 Å². The largest absolute Gasteiger partial charge is 0.495 e. The number of hydrogen-bond donors (Lipinski definition) is 2. The minimum atomic E-state index is -0.311. The van der Waals surface area contributed by atoms with E-state index in [0.717, 1.165) is 8.95 Å². The summed E-state index contributed by atoms with van der Waals surface area (Å²) in [6, 6.07) is 8.19. The molecule has 0 fully saturated rings. The highest BCUT2D eigenvalue weighted by atomic mass is 79.9. The first kappa shape index (κ1) is 16.1. The number of rotatable bonds is 3. The maximum atomic E-state index is 12.3. The lowest BCUT2D eigenvalue weighted by atomic mass is 10.2. The fraction of sp³-hybridized carbons (Fsp3) is 0.0714. The van der Waals surface area contributed by atoms with Crippen molar-refractivity contribution in [2.45, 2.75) is 0 Å². The van der Waals surface area contributed by atoms with E-state index in [-0.39, 0.29) is 5.91 Å². The van der Waals surface area contributed by atoms with E-state index in [9.17, 15) is 4.79 Å². The fourth-order valence-electron chi connectivity index (χ4n) is 1.72. The molecule has 0 saturated carbocycles. The van der Waals surface area contributed by atoms with Gasteiger partial charge in [-0.2, -0.15) is 0 Å². The van der Waals surface area contributed by atoms with Crippen molar-refractivity contribution in [2.24, 2.45) is 0 Å². The molecule has 0 saturated heterocycles. The first-order valence-corrected chi connectivity index (χ1v) is 7.77. The second-order valence-electron chi connectivity index (χ2n) is 4.19. The van der Waals surface area contributed by atoms with Gasteiger partial charge in [-0.1, -0.05) is 11.6 Å². The van der Waals surface area contributed by atoms with Crippen LogP contribution in [0.4, 0.5) is 11.4 Å². The van der Waals surface area contributed by atoms with Gasteiger partial charge in [0, 0.05) is 26.8 Å². The van der Waals surface area contributed by atoms with E-state index in [2.05, 4.69) is 37.2 Å². The number of carbonyl (C=O) groups excluding carboxylic acids is 1. The summed E-state index contributed by atoms with van der Waals surface area (Å²) in [6.07, 6.45) is 0. The van der Waals surface area contributed by atoms with Crippen molar-refractivity contribution in [3.05, 3.63) is 49.9 Å². The fourth-order valence-corrected chi connectivity index (χ4v) is 3.22. The average molecular weight is 435 g/mol. The molecule has 110 valence electrons. The molecule has 7 heteroatoms. The van der Waals surface area contributed by atoms with Crippen molar-refractivity contribution in [2.75, 3.05) is 18.2 Å². The molecule has 2 aromatic rings. The third-order valence-corrected chi connectivity index (χ3v) is 4.17. The molecule has 0 aliphatic heterocycles. The number of ether oxygens (including phenoxy) is 1. The molecule has 2 aromatic carbocycles. The normalized spacial score (nSPS) is 10.3. The lowest BCUT2D eigenvalue weighted by molar-refractivity contribution is 0.102. The monoisotopic (exact) mass is 432 g/mol. The number of benzene rings is 2. The van der Waals surface area contributed by atoms with Gasteiger partial charge in [0.1, 0.15) is 5.75 Å². The Morgan fingerprint density at radius 3 is 2.52 bits per heavy atom. The van der Waals surface area contributed by atoms with Gasteiger partial charge in [-0.3, -0.25) is 4.79 Å². The Bertz CT molecular complexity index is 687. The van der Waals surface area contributed by atoms with Gasteiger partial charge < -0.3 is 15.8 Å². The van der Waals surface area contributed by atoms with Crippen LogP contribution in [0.3, 0.4) is 0 Å². The van der Waals surface area contributed by atoms with E-state index >= 15 is 0 Å². The first-order chi connectivity index (χ1) is 9.90. The summed E-state index contributed by atoms with van der Waals surface area (Å²) in [6.45, 7) is 0. The number of carbonyl (C=O) groups is 1. The summed E-state index contributed by atoms with van der Waals surface area (Å²) in [7, 11) is 1.55. The van der Waals surface area contributed by atoms with E-state index in [1.54, 1.807) is 37.4 Å². The van der Waals surface area contributed by atoms with Crippen LogP contribution in [0.1, 0.15) is 10.4 Å². The molecule has 1 amide bonds. The van der Waals surface area contributed by atoms with Crippen molar-refractivity contribution in [1.82, 2.24) is 0 Å². The van der Waals surface area contributed by atoms with Gasteiger partial charge in [0.25, 0.3) is 5.91 Å². The quantitative estimate of drug-likeness (QED) is 0.688. The van der Waals surface area contributed by atoms with Gasteiger partial charge in [-0.15, -0.1) is 0 Å². The van der Waals surface area contributed by atoms with Gasteiger partial charge in [0.15, 0.2) is 0 Å². The number of anilines is 2. The Labute approximate surface area is 143 Å². The van der Waals surface area contributed by atoms with Crippen LogP contribution in [0.15, 0.2) is 39.3 Å². The molecule has 2 rings (SSSR count). The standard InChI is InChI=1S/C14H11Br2ClN2O2/c1-21-13-6-12(10(15)5-11(13)16)19-14(20)7-2-8(17)4-9(18)3-7/h2-6H,18H2,1H3,(H,19,20). The third-order valence-electron chi connectivity index (χ3n) is 2.67. The number of halogens is 3. The zero-order valence-electron chi connectivity index (χ0n) is 10.9. The van der Waals surface area contributed by atoms with Crippen molar-refractivity contribution >= 4 is 60.7 Å². The maximum absolute atomic E-state index is 12.3. The Kier molecular flexibility index (Phi) is 5.13. The van der Waals surface area contributed by atoms with Gasteiger partial charge in [-0.25, -0.2) is 0 Å². The molecule has 21 heavy (non-hydrogen) atoms. The summed E-state index contributed by atoms with van der Waals surface area (Å²) in [4.78, 5) is 12.3. The van der Waals surface area contributed by atoms with E-state index in [0.29, 0.717) is 27.7 Å². The first-order valence-electron chi connectivity index (χ1n) is 5.81. The third kappa shape index (κ3) is 3.90. The molecule has 0 unspecified atom stereocenters. The van der Waals surface area contributed by atoms with Crippen LogP contribution in [0.2, 0.25) is 5.02 Å². The average Bonchev–Trinajstić information content (AvgIpc) is 2.40. The Morgan fingerprint density at radius 1 is 1.19 bits per heavy atom. The van der Waals surface area contributed by atoms with Crippen LogP contribution >= 0.6 is 43.5 Å². The Balaban J connectivity index is 2.31. The predicted octanol–water partition coefficient (Wildman–Crippen LogP) is 4.71. The zero-order chi connectivity index (χ0) is 15.6. The smallest absolute Gasteiger partial charge is 0.255 e. The van der Waals surface area contributed by atoms with Crippen LogP contribution in [0.25, 0.3) is 0 Å². The van der Waals surface area contributed by atoms with Crippen molar-refractivity contribution in [3.63, 3.8) is 0 Å². The van der Waals surface area contributed by atoms with Crippen molar-refractivity contribution in [3.8, 4) is 5.75 Å². The van der Waals surface area contributed by atoms with E-state index in [1.807, 2.05) is 0 Å². The highest BCUT2D eigenvalue weighted by Crippen LogP contribution is 2.34. The zero-order valence-corrected chi connectivity index (χ0v) is 14.8. The van der Waals surface area contributed by atoms with Crippen LogP contribution in [0.5, 0.6) is 5.75 Å². The molecular weight excluding hydrogens is 423 g/mol. The number of amides is 1. The molecule has 0 aliphatic rings. The summed E-state index contributed by atoms with van der Waals surface area (Å²) in [5, 5.41) is 3.19. The van der Waals surface area contributed by atoms with Crippen molar-refractivity contribution < 1.29 is 9.53 Å². The molecule has 0 aliphatic carbocycles. The van der Waals surface area contributed by atoms with Gasteiger partial charge in [-0.05, 0) is 56.1 Å². The van der Waals surface area contributed by atoms with Gasteiger partial charge in [0.05, 0.1) is 17.3 Å². The Hall–Kier alpha value is -1.24. The summed E-state index contributed by atoms with van der Waals surface area (Å²) >= 11 is 12.7. The number of methoxy groups -OCH3 is 1. The second-order valence-corrected chi connectivity index (χ2v) is 6.34. The van der Waals surface area contributed by atoms with E-state index in [1.165, 1.54) is 0 Å². The molecule has 0 bridgehead atoms. The second kappa shape index (κ2) is 6.68. The minimum absolute atomic E-state index is 0.311. The maximum Gasteiger partial charge on any atom is 0.255 e. The lowest BCUT2D eigenvalue weighted by Crippen LogP contribution is -2.13. The highest BCUT2D eigenvalue weighted by Gasteiger charge is 2.12. The molecule has 0 atom stereocenters. The van der Waals surface area contributed by atoms with Crippen LogP contribution in [-0.4, -0.2) is 13.0 Å². The van der Waals surface area contributed by atoms with E-state index < -0.39 is 0 Å². The summed E-state index contributed by atoms with van der Waals surface area (Å²) in [5.74, 6) is 0.299. The van der Waals surface area contributed by atoms with Crippen LogP contribution < -0.4 is 15.8 Å². The highest BCUT2D eigenvalue weighted by molar-refractivity contribution is 9.11. The molecular formula is C14H11Br2ClN2O2. The molecule has 0 radical (unpaired) electrons. The molecule has 0 aromatic heterocycles. The predicted molar refractivity (Wildman–Crippen MR) is 92.2 cm³/mol. The minimum Gasteiger partial charge on any atom is -0.495 e. The molecule has 0 heterocycles. The van der Waals surface area contributed by atoms with Gasteiger partial charge in [0.2, 0.25) is 0 Å².